The zero-order chi connectivity index (χ0) is 17.4. The molecule has 0 saturated carbocycles. The molecule has 0 spiro atoms. The van der Waals surface area contributed by atoms with Crippen LogP contribution in [-0.4, -0.2) is 49.9 Å². The number of fused-ring (bicyclic) bond motifs is 1. The number of carbonyl (C=O) groups excluding carboxylic acids is 1. The van der Waals surface area contributed by atoms with Gasteiger partial charge < -0.3 is 9.80 Å². The van der Waals surface area contributed by atoms with Crippen LogP contribution in [0.5, 0.6) is 0 Å². The van der Waals surface area contributed by atoms with Crippen molar-refractivity contribution in [1.29, 1.82) is 0 Å². The summed E-state index contributed by atoms with van der Waals surface area (Å²) in [5.41, 5.74) is 5.25. The minimum Gasteiger partial charge on any atom is -0.329 e. The Balaban J connectivity index is 1.52. The van der Waals surface area contributed by atoms with E-state index in [0.29, 0.717) is 30.2 Å². The molecule has 2 aliphatic heterocycles. The molecule has 2 aliphatic rings. The molecule has 0 radical (unpaired) electrons. The SMILES string of the molecule is C=Cc1cc(Cl)ccc1C(=O)N1CCN2C(=NNC2c2cnsn2)C1. The molecule has 1 amide bonds. The second kappa shape index (κ2) is 6.45. The molecule has 0 aliphatic carbocycles. The molecule has 1 atom stereocenters. The van der Waals surface area contributed by atoms with Crippen molar-refractivity contribution in [3.63, 3.8) is 0 Å². The van der Waals surface area contributed by atoms with Crippen LogP contribution >= 0.6 is 23.3 Å². The van der Waals surface area contributed by atoms with E-state index in [1.165, 1.54) is 11.7 Å². The van der Waals surface area contributed by atoms with Crippen molar-refractivity contribution in [3.05, 3.63) is 52.8 Å². The van der Waals surface area contributed by atoms with Crippen LogP contribution in [0.25, 0.3) is 6.08 Å². The fourth-order valence-electron chi connectivity index (χ4n) is 3.04. The third-order valence-corrected chi connectivity index (χ3v) is 5.04. The first-order chi connectivity index (χ1) is 12.2. The highest BCUT2D eigenvalue weighted by atomic mass is 35.5. The molecule has 1 fully saturated rings. The zero-order valence-corrected chi connectivity index (χ0v) is 14.8. The predicted octanol–water partition coefficient (Wildman–Crippen LogP) is 2.21. The first-order valence-electron chi connectivity index (χ1n) is 7.75. The van der Waals surface area contributed by atoms with Crippen molar-refractivity contribution >= 4 is 41.1 Å². The molecule has 0 bridgehead atoms. The van der Waals surface area contributed by atoms with E-state index in [9.17, 15) is 4.79 Å². The molecule has 1 aromatic carbocycles. The summed E-state index contributed by atoms with van der Waals surface area (Å²) < 4.78 is 8.31. The highest BCUT2D eigenvalue weighted by molar-refractivity contribution is 6.99. The molecule has 2 aromatic rings. The van der Waals surface area contributed by atoms with Crippen LogP contribution in [0, 0.1) is 0 Å². The molecule has 128 valence electrons. The number of piperazine rings is 1. The number of carbonyl (C=O) groups is 1. The third-order valence-electron chi connectivity index (χ3n) is 4.31. The van der Waals surface area contributed by atoms with Crippen molar-refractivity contribution in [2.75, 3.05) is 19.6 Å². The number of hydrazone groups is 1. The van der Waals surface area contributed by atoms with Gasteiger partial charge in [-0.1, -0.05) is 24.3 Å². The summed E-state index contributed by atoms with van der Waals surface area (Å²) in [6.07, 6.45) is 3.28. The summed E-state index contributed by atoms with van der Waals surface area (Å²) in [5, 5.41) is 4.96. The van der Waals surface area contributed by atoms with E-state index in [1.807, 2.05) is 0 Å². The number of hydrogen-bond acceptors (Lipinski definition) is 7. The molecule has 9 heteroatoms. The number of benzene rings is 1. The number of amides is 1. The van der Waals surface area contributed by atoms with Crippen LogP contribution in [0.4, 0.5) is 0 Å². The van der Waals surface area contributed by atoms with Crippen LogP contribution in [0.2, 0.25) is 5.02 Å². The largest absolute Gasteiger partial charge is 0.329 e. The summed E-state index contributed by atoms with van der Waals surface area (Å²) in [6, 6.07) is 5.21. The molecule has 25 heavy (non-hydrogen) atoms. The fourth-order valence-corrected chi connectivity index (χ4v) is 3.66. The molecular weight excluding hydrogens is 360 g/mol. The molecule has 1 N–H and O–H groups in total. The lowest BCUT2D eigenvalue weighted by Gasteiger charge is -2.36. The van der Waals surface area contributed by atoms with Crippen molar-refractivity contribution in [2.24, 2.45) is 5.10 Å². The summed E-state index contributed by atoms with van der Waals surface area (Å²) in [6.45, 7) is 5.49. The quantitative estimate of drug-likeness (QED) is 0.891. The molecule has 4 rings (SSSR count). The van der Waals surface area contributed by atoms with Gasteiger partial charge in [0.1, 0.15) is 11.5 Å². The zero-order valence-electron chi connectivity index (χ0n) is 13.2. The average molecular weight is 375 g/mol. The Bertz CT molecular complexity index is 852. The van der Waals surface area contributed by atoms with Gasteiger partial charge in [0.05, 0.1) is 24.5 Å². The van der Waals surface area contributed by atoms with E-state index in [-0.39, 0.29) is 12.1 Å². The van der Waals surface area contributed by atoms with E-state index < -0.39 is 0 Å². The van der Waals surface area contributed by atoms with E-state index in [4.69, 9.17) is 11.6 Å². The maximum atomic E-state index is 12.9. The van der Waals surface area contributed by atoms with Gasteiger partial charge in [0.2, 0.25) is 0 Å². The molecule has 1 aromatic heterocycles. The topological polar surface area (TPSA) is 73.7 Å². The van der Waals surface area contributed by atoms with Gasteiger partial charge in [0, 0.05) is 23.7 Å². The first kappa shape index (κ1) is 16.0. The second-order valence-corrected chi connectivity index (χ2v) is 6.74. The second-order valence-electron chi connectivity index (χ2n) is 5.75. The van der Waals surface area contributed by atoms with Gasteiger partial charge in [-0.15, -0.1) is 0 Å². The normalized spacial score (nSPS) is 19.2. The lowest BCUT2D eigenvalue weighted by Crippen LogP contribution is -2.51. The summed E-state index contributed by atoms with van der Waals surface area (Å²) in [4.78, 5) is 16.8. The molecule has 3 heterocycles. The lowest BCUT2D eigenvalue weighted by molar-refractivity contribution is 0.0735. The van der Waals surface area contributed by atoms with Crippen LogP contribution in [0.1, 0.15) is 27.8 Å². The van der Waals surface area contributed by atoms with Gasteiger partial charge in [0.15, 0.2) is 6.17 Å². The Hall–Kier alpha value is -2.45. The van der Waals surface area contributed by atoms with Gasteiger partial charge in [-0.2, -0.15) is 13.8 Å². The monoisotopic (exact) mass is 374 g/mol. The Morgan fingerprint density at radius 2 is 2.32 bits per heavy atom. The van der Waals surface area contributed by atoms with E-state index in [2.05, 4.69) is 30.8 Å². The van der Waals surface area contributed by atoms with Crippen LogP contribution < -0.4 is 5.43 Å². The Kier molecular flexibility index (Phi) is 4.14. The lowest BCUT2D eigenvalue weighted by atomic mass is 10.1. The maximum absolute atomic E-state index is 12.9. The first-order valence-corrected chi connectivity index (χ1v) is 8.85. The Labute approximate surface area is 153 Å². The molecule has 1 saturated heterocycles. The minimum absolute atomic E-state index is 0.0484. The van der Waals surface area contributed by atoms with Gasteiger partial charge >= 0.3 is 0 Å². The fraction of sp³-hybridized carbons (Fsp3) is 0.250. The number of nitrogens with one attached hydrogen (secondary N) is 1. The predicted molar refractivity (Wildman–Crippen MR) is 97.4 cm³/mol. The summed E-state index contributed by atoms with van der Waals surface area (Å²) in [7, 11) is 0. The highest BCUT2D eigenvalue weighted by Gasteiger charge is 2.36. The molecule has 1 unspecified atom stereocenters. The van der Waals surface area contributed by atoms with Crippen molar-refractivity contribution in [2.45, 2.75) is 6.17 Å². The smallest absolute Gasteiger partial charge is 0.254 e. The number of nitrogens with zero attached hydrogens (tertiary/aromatic N) is 5. The van der Waals surface area contributed by atoms with Gasteiger partial charge in [-0.3, -0.25) is 10.2 Å². The van der Waals surface area contributed by atoms with Crippen LogP contribution in [0.15, 0.2) is 36.1 Å². The Morgan fingerprint density at radius 1 is 1.44 bits per heavy atom. The van der Waals surface area contributed by atoms with Crippen molar-refractivity contribution in [3.8, 4) is 0 Å². The van der Waals surface area contributed by atoms with Crippen molar-refractivity contribution < 1.29 is 4.79 Å². The van der Waals surface area contributed by atoms with Gasteiger partial charge in [-0.25, -0.2) is 0 Å². The molecular formula is C16H15ClN6OS. The highest BCUT2D eigenvalue weighted by Crippen LogP contribution is 2.25. The number of amidine groups is 1. The van der Waals surface area contributed by atoms with Gasteiger partial charge in [-0.05, 0) is 23.8 Å². The third kappa shape index (κ3) is 2.87. The van der Waals surface area contributed by atoms with E-state index in [1.54, 1.807) is 35.4 Å². The minimum atomic E-state index is -0.106. The standard InChI is InChI=1S/C16H15ClN6OS/c1-2-10-7-11(17)3-4-12(10)16(24)22-5-6-23-14(9-22)19-20-15(23)13-8-18-25-21-13/h2-4,7-8,15,20H,1,5-6,9H2. The van der Waals surface area contributed by atoms with Crippen molar-refractivity contribution in [1.82, 2.24) is 24.0 Å². The number of hydrogen-bond donors (Lipinski definition) is 1. The van der Waals surface area contributed by atoms with Crippen LogP contribution in [0.3, 0.4) is 0 Å². The number of aromatic nitrogens is 2. The summed E-state index contributed by atoms with van der Waals surface area (Å²) in [5.74, 6) is 0.777. The van der Waals surface area contributed by atoms with Gasteiger partial charge in [0.25, 0.3) is 5.91 Å². The number of rotatable bonds is 3. The average Bonchev–Trinajstić information content (AvgIpc) is 3.29. The molecule has 7 nitrogen and oxygen atoms in total. The van der Waals surface area contributed by atoms with Crippen LogP contribution in [-0.2, 0) is 0 Å². The summed E-state index contributed by atoms with van der Waals surface area (Å²) >= 11 is 7.18. The number of halogens is 1. The Morgan fingerprint density at radius 3 is 3.08 bits per heavy atom. The maximum Gasteiger partial charge on any atom is 0.254 e. The van der Waals surface area contributed by atoms with E-state index in [0.717, 1.165) is 17.1 Å². The van der Waals surface area contributed by atoms with E-state index >= 15 is 0 Å².